The summed E-state index contributed by atoms with van der Waals surface area (Å²) in [6.45, 7) is 8.65. The maximum atomic E-state index is 12.4. The fraction of sp³-hybridized carbons (Fsp3) is 0.348. The Morgan fingerprint density at radius 3 is 2.19 bits per heavy atom. The summed E-state index contributed by atoms with van der Waals surface area (Å²) in [5.74, 6) is -0.645. The molecule has 8 nitrogen and oxygen atoms in total. The van der Waals surface area contributed by atoms with Gasteiger partial charge >= 0.3 is 12.1 Å². The first kappa shape index (κ1) is 23.7. The maximum Gasteiger partial charge on any atom is 0.412 e. The zero-order valence-corrected chi connectivity index (χ0v) is 18.6. The Kier molecular flexibility index (Phi) is 7.63. The number of carbonyl (C=O) groups excluding carboxylic acids is 3. The molecule has 0 aliphatic rings. The highest BCUT2D eigenvalue weighted by atomic mass is 16.6. The van der Waals surface area contributed by atoms with Gasteiger partial charge in [0.1, 0.15) is 11.4 Å². The number of rotatable bonds is 6. The van der Waals surface area contributed by atoms with Gasteiger partial charge in [0.15, 0.2) is 6.10 Å². The zero-order valence-electron chi connectivity index (χ0n) is 18.6. The lowest BCUT2D eigenvalue weighted by Gasteiger charge is -2.19. The van der Waals surface area contributed by atoms with Gasteiger partial charge in [-0.25, -0.2) is 9.59 Å². The SMILES string of the molecule is COc1ccc(C)cc1NC(=O)C(C)OC(=O)c1ccc(NC(=O)OC(C)(C)C)cc1. The van der Waals surface area contributed by atoms with Crippen molar-refractivity contribution >= 4 is 29.3 Å². The number of hydrogen-bond donors (Lipinski definition) is 2. The summed E-state index contributed by atoms with van der Waals surface area (Å²) in [5, 5.41) is 5.28. The summed E-state index contributed by atoms with van der Waals surface area (Å²) in [4.78, 5) is 36.6. The van der Waals surface area contributed by atoms with Crippen molar-refractivity contribution in [1.82, 2.24) is 0 Å². The second kappa shape index (κ2) is 9.97. The molecule has 2 rings (SSSR count). The highest BCUT2D eigenvalue weighted by molar-refractivity contribution is 5.98. The molecule has 0 radical (unpaired) electrons. The molecule has 0 saturated heterocycles. The van der Waals surface area contributed by atoms with Gasteiger partial charge in [-0.2, -0.15) is 0 Å². The van der Waals surface area contributed by atoms with Gasteiger partial charge < -0.3 is 19.5 Å². The molecule has 0 bridgehead atoms. The molecule has 2 N–H and O–H groups in total. The summed E-state index contributed by atoms with van der Waals surface area (Å²) in [5.41, 5.74) is 1.52. The van der Waals surface area contributed by atoms with Crippen molar-refractivity contribution in [3.05, 3.63) is 53.6 Å². The second-order valence-electron chi connectivity index (χ2n) is 7.94. The Morgan fingerprint density at radius 1 is 0.968 bits per heavy atom. The summed E-state index contributed by atoms with van der Waals surface area (Å²) in [7, 11) is 1.51. The van der Waals surface area contributed by atoms with E-state index in [0.29, 0.717) is 17.1 Å². The summed E-state index contributed by atoms with van der Waals surface area (Å²) < 4.78 is 15.7. The van der Waals surface area contributed by atoms with Crippen LogP contribution in [0.1, 0.15) is 43.6 Å². The number of esters is 1. The number of methoxy groups -OCH3 is 1. The largest absolute Gasteiger partial charge is 0.495 e. The molecule has 166 valence electrons. The summed E-state index contributed by atoms with van der Waals surface area (Å²) in [6, 6.07) is 11.4. The molecule has 1 atom stereocenters. The number of amides is 2. The molecule has 31 heavy (non-hydrogen) atoms. The Hall–Kier alpha value is -3.55. The van der Waals surface area contributed by atoms with Crippen molar-refractivity contribution < 1.29 is 28.6 Å². The first-order valence-electron chi connectivity index (χ1n) is 9.75. The maximum absolute atomic E-state index is 12.4. The molecule has 2 aromatic carbocycles. The first-order chi connectivity index (χ1) is 14.5. The number of hydrogen-bond acceptors (Lipinski definition) is 6. The Labute approximate surface area is 181 Å². The third kappa shape index (κ3) is 7.33. The fourth-order valence-corrected chi connectivity index (χ4v) is 2.55. The molecular formula is C23H28N2O6. The second-order valence-corrected chi connectivity index (χ2v) is 7.94. The molecule has 2 aromatic rings. The Balaban J connectivity index is 1.96. The van der Waals surface area contributed by atoms with Crippen molar-refractivity contribution in [2.24, 2.45) is 0 Å². The lowest BCUT2D eigenvalue weighted by molar-refractivity contribution is -0.123. The molecule has 0 aromatic heterocycles. The highest BCUT2D eigenvalue weighted by Crippen LogP contribution is 2.25. The molecular weight excluding hydrogens is 400 g/mol. The number of ether oxygens (including phenoxy) is 3. The number of carbonyl (C=O) groups is 3. The van der Waals surface area contributed by atoms with E-state index in [-0.39, 0.29) is 5.56 Å². The van der Waals surface area contributed by atoms with E-state index < -0.39 is 29.7 Å². The van der Waals surface area contributed by atoms with Crippen LogP contribution in [-0.4, -0.2) is 36.8 Å². The third-order valence-electron chi connectivity index (χ3n) is 4.03. The third-order valence-corrected chi connectivity index (χ3v) is 4.03. The zero-order chi connectivity index (χ0) is 23.2. The van der Waals surface area contributed by atoms with E-state index in [9.17, 15) is 14.4 Å². The van der Waals surface area contributed by atoms with Gasteiger partial charge in [-0.05, 0) is 76.6 Å². The monoisotopic (exact) mass is 428 g/mol. The number of benzene rings is 2. The smallest absolute Gasteiger partial charge is 0.412 e. The van der Waals surface area contributed by atoms with E-state index in [0.717, 1.165) is 5.56 Å². The number of anilines is 2. The average Bonchev–Trinajstić information content (AvgIpc) is 2.67. The molecule has 0 fully saturated rings. The van der Waals surface area contributed by atoms with Crippen LogP contribution in [-0.2, 0) is 14.3 Å². The van der Waals surface area contributed by atoms with E-state index in [4.69, 9.17) is 14.2 Å². The van der Waals surface area contributed by atoms with Crippen LogP contribution in [0.2, 0.25) is 0 Å². The van der Waals surface area contributed by atoms with E-state index in [1.807, 2.05) is 13.0 Å². The summed E-state index contributed by atoms with van der Waals surface area (Å²) >= 11 is 0. The molecule has 1 unspecified atom stereocenters. The van der Waals surface area contributed by atoms with Crippen LogP contribution in [0, 0.1) is 6.92 Å². The molecule has 0 saturated carbocycles. The van der Waals surface area contributed by atoms with Crippen LogP contribution < -0.4 is 15.4 Å². The van der Waals surface area contributed by atoms with Crippen LogP contribution >= 0.6 is 0 Å². The van der Waals surface area contributed by atoms with Gasteiger partial charge in [-0.3, -0.25) is 10.1 Å². The topological polar surface area (TPSA) is 103 Å². The van der Waals surface area contributed by atoms with Crippen molar-refractivity contribution in [1.29, 1.82) is 0 Å². The lowest BCUT2D eigenvalue weighted by atomic mass is 10.2. The predicted molar refractivity (Wildman–Crippen MR) is 118 cm³/mol. The van der Waals surface area contributed by atoms with E-state index >= 15 is 0 Å². The minimum Gasteiger partial charge on any atom is -0.495 e. The predicted octanol–water partition coefficient (Wildman–Crippen LogP) is 4.53. The van der Waals surface area contributed by atoms with Gasteiger partial charge in [0, 0.05) is 5.69 Å². The Bertz CT molecular complexity index is 948. The molecule has 8 heteroatoms. The molecule has 0 spiro atoms. The molecule has 0 aliphatic heterocycles. The van der Waals surface area contributed by atoms with Gasteiger partial charge in [-0.15, -0.1) is 0 Å². The van der Waals surface area contributed by atoms with Crippen LogP contribution in [0.4, 0.5) is 16.2 Å². The lowest BCUT2D eigenvalue weighted by Crippen LogP contribution is -2.30. The van der Waals surface area contributed by atoms with E-state index in [1.54, 1.807) is 45.0 Å². The van der Waals surface area contributed by atoms with Crippen LogP contribution in [0.3, 0.4) is 0 Å². The minimum absolute atomic E-state index is 0.238. The normalized spacial score (nSPS) is 11.8. The van der Waals surface area contributed by atoms with E-state index in [2.05, 4.69) is 10.6 Å². The van der Waals surface area contributed by atoms with E-state index in [1.165, 1.54) is 26.2 Å². The van der Waals surface area contributed by atoms with Gasteiger partial charge in [0.2, 0.25) is 0 Å². The van der Waals surface area contributed by atoms with Gasteiger partial charge in [0.25, 0.3) is 5.91 Å². The number of aryl methyl sites for hydroxylation is 1. The van der Waals surface area contributed by atoms with Crippen LogP contribution in [0.25, 0.3) is 0 Å². The number of nitrogens with one attached hydrogen (secondary N) is 2. The van der Waals surface area contributed by atoms with Gasteiger partial charge in [-0.1, -0.05) is 6.07 Å². The van der Waals surface area contributed by atoms with Crippen LogP contribution in [0.15, 0.2) is 42.5 Å². The highest BCUT2D eigenvalue weighted by Gasteiger charge is 2.21. The molecule has 2 amide bonds. The quantitative estimate of drug-likeness (QED) is 0.655. The first-order valence-corrected chi connectivity index (χ1v) is 9.75. The molecule has 0 heterocycles. The van der Waals surface area contributed by atoms with Crippen molar-refractivity contribution in [3.8, 4) is 5.75 Å². The molecule has 0 aliphatic carbocycles. The van der Waals surface area contributed by atoms with Crippen LogP contribution in [0.5, 0.6) is 5.75 Å². The van der Waals surface area contributed by atoms with Gasteiger partial charge in [0.05, 0.1) is 18.4 Å². The van der Waals surface area contributed by atoms with Crippen molar-refractivity contribution in [3.63, 3.8) is 0 Å². The standard InChI is InChI=1S/C23H28N2O6/c1-14-7-12-19(29-6)18(13-14)25-20(26)15(2)30-21(27)16-8-10-17(11-9-16)24-22(28)31-23(3,4)5/h7-13,15H,1-6H3,(H,24,28)(H,25,26). The Morgan fingerprint density at radius 2 is 1.61 bits per heavy atom. The van der Waals surface area contributed by atoms with Crippen molar-refractivity contribution in [2.75, 3.05) is 17.7 Å². The van der Waals surface area contributed by atoms with Crippen molar-refractivity contribution in [2.45, 2.75) is 46.3 Å². The minimum atomic E-state index is -1.03. The fourth-order valence-electron chi connectivity index (χ4n) is 2.55. The summed E-state index contributed by atoms with van der Waals surface area (Å²) in [6.07, 6.45) is -1.63. The average molecular weight is 428 g/mol.